The van der Waals surface area contributed by atoms with E-state index >= 15 is 0 Å². The monoisotopic (exact) mass is 435 g/mol. The van der Waals surface area contributed by atoms with Crippen molar-refractivity contribution in [3.05, 3.63) is 57.7 Å². The molecule has 31 heavy (non-hydrogen) atoms. The fraction of sp³-hybridized carbons (Fsp3) is 0.417. The summed E-state index contributed by atoms with van der Waals surface area (Å²) in [6.45, 7) is 8.30. The SMILES string of the molecule is Cc1cc(C)nc(N2CCC(C(=O)NCCc3ccc(-c4csc(C)n4)cc3)CC2)n1. The number of carbonyl (C=O) groups is 1. The van der Waals surface area contributed by atoms with Crippen LogP contribution >= 0.6 is 11.3 Å². The maximum absolute atomic E-state index is 12.6. The van der Waals surface area contributed by atoms with Gasteiger partial charge in [0.1, 0.15) is 0 Å². The Morgan fingerprint density at radius 2 is 1.74 bits per heavy atom. The van der Waals surface area contributed by atoms with Crippen molar-refractivity contribution in [3.8, 4) is 11.3 Å². The van der Waals surface area contributed by atoms with Crippen LogP contribution < -0.4 is 10.2 Å². The molecule has 1 aliphatic rings. The van der Waals surface area contributed by atoms with Gasteiger partial charge in [0.05, 0.1) is 10.7 Å². The van der Waals surface area contributed by atoms with Crippen molar-refractivity contribution in [2.45, 2.75) is 40.0 Å². The second-order valence-corrected chi connectivity index (χ2v) is 9.26. The Labute approximate surface area is 187 Å². The Kier molecular flexibility index (Phi) is 6.61. The van der Waals surface area contributed by atoms with Gasteiger partial charge in [0.15, 0.2) is 0 Å². The first-order valence-electron chi connectivity index (χ1n) is 10.8. The molecule has 3 aromatic rings. The lowest BCUT2D eigenvalue weighted by Crippen LogP contribution is -2.41. The molecule has 0 aliphatic carbocycles. The molecule has 1 amide bonds. The average molecular weight is 436 g/mol. The van der Waals surface area contributed by atoms with Crippen molar-refractivity contribution in [2.24, 2.45) is 5.92 Å². The number of aromatic nitrogens is 3. The van der Waals surface area contributed by atoms with Crippen LogP contribution in [0.1, 0.15) is 34.8 Å². The molecule has 4 rings (SSSR count). The number of thiazole rings is 1. The minimum atomic E-state index is 0.0671. The van der Waals surface area contributed by atoms with E-state index in [1.807, 2.05) is 26.8 Å². The second kappa shape index (κ2) is 9.56. The summed E-state index contributed by atoms with van der Waals surface area (Å²) in [5, 5.41) is 6.29. The van der Waals surface area contributed by atoms with Gasteiger partial charge in [-0.2, -0.15) is 0 Å². The van der Waals surface area contributed by atoms with Crippen molar-refractivity contribution in [2.75, 3.05) is 24.5 Å². The zero-order valence-electron chi connectivity index (χ0n) is 18.4. The maximum Gasteiger partial charge on any atom is 0.225 e. The molecule has 0 atom stereocenters. The van der Waals surface area contributed by atoms with E-state index in [9.17, 15) is 4.79 Å². The highest BCUT2D eigenvalue weighted by Gasteiger charge is 2.26. The van der Waals surface area contributed by atoms with Gasteiger partial charge < -0.3 is 10.2 Å². The van der Waals surface area contributed by atoms with Gasteiger partial charge in [-0.25, -0.2) is 15.0 Å². The van der Waals surface area contributed by atoms with Gasteiger partial charge in [-0.1, -0.05) is 24.3 Å². The molecule has 7 heteroatoms. The number of rotatable bonds is 6. The van der Waals surface area contributed by atoms with Crippen LogP contribution in [-0.4, -0.2) is 40.5 Å². The van der Waals surface area contributed by atoms with E-state index in [0.29, 0.717) is 6.54 Å². The minimum absolute atomic E-state index is 0.0671. The number of aryl methyl sites for hydroxylation is 3. The molecule has 0 spiro atoms. The van der Waals surface area contributed by atoms with E-state index in [-0.39, 0.29) is 11.8 Å². The first kappa shape index (κ1) is 21.4. The van der Waals surface area contributed by atoms with Gasteiger partial charge in [0.2, 0.25) is 11.9 Å². The first-order chi connectivity index (χ1) is 15.0. The maximum atomic E-state index is 12.6. The molecule has 0 bridgehead atoms. The molecule has 1 aromatic carbocycles. The third-order valence-corrected chi connectivity index (χ3v) is 6.47. The van der Waals surface area contributed by atoms with Crippen LogP contribution in [0.2, 0.25) is 0 Å². The van der Waals surface area contributed by atoms with E-state index < -0.39 is 0 Å². The number of piperidine rings is 1. The highest BCUT2D eigenvalue weighted by Crippen LogP contribution is 2.23. The normalized spacial score (nSPS) is 14.6. The van der Waals surface area contributed by atoms with Crippen LogP contribution in [0, 0.1) is 26.7 Å². The molecule has 2 aromatic heterocycles. The van der Waals surface area contributed by atoms with E-state index in [1.165, 1.54) is 5.56 Å². The van der Waals surface area contributed by atoms with Crippen LogP contribution in [-0.2, 0) is 11.2 Å². The quantitative estimate of drug-likeness (QED) is 0.631. The molecule has 1 saturated heterocycles. The summed E-state index contributed by atoms with van der Waals surface area (Å²) in [5.74, 6) is 1.01. The molecule has 1 N–H and O–H groups in total. The van der Waals surface area contributed by atoms with Crippen molar-refractivity contribution in [1.82, 2.24) is 20.3 Å². The van der Waals surface area contributed by atoms with Crippen molar-refractivity contribution in [3.63, 3.8) is 0 Å². The van der Waals surface area contributed by atoms with E-state index in [1.54, 1.807) is 11.3 Å². The summed E-state index contributed by atoms with van der Waals surface area (Å²) in [7, 11) is 0. The number of hydrogen-bond acceptors (Lipinski definition) is 6. The summed E-state index contributed by atoms with van der Waals surface area (Å²) in [6.07, 6.45) is 2.51. The predicted octanol–water partition coefficient (Wildman–Crippen LogP) is 4.10. The molecule has 0 unspecified atom stereocenters. The lowest BCUT2D eigenvalue weighted by Gasteiger charge is -2.31. The summed E-state index contributed by atoms with van der Waals surface area (Å²) in [5.41, 5.74) is 5.35. The highest BCUT2D eigenvalue weighted by atomic mass is 32.1. The second-order valence-electron chi connectivity index (χ2n) is 8.20. The van der Waals surface area contributed by atoms with Crippen LogP contribution in [0.5, 0.6) is 0 Å². The van der Waals surface area contributed by atoms with Crippen LogP contribution in [0.15, 0.2) is 35.7 Å². The van der Waals surface area contributed by atoms with Crippen molar-refractivity contribution < 1.29 is 4.79 Å². The smallest absolute Gasteiger partial charge is 0.225 e. The minimum Gasteiger partial charge on any atom is -0.356 e. The Morgan fingerprint density at radius 1 is 1.06 bits per heavy atom. The van der Waals surface area contributed by atoms with Gasteiger partial charge in [-0.05, 0) is 51.7 Å². The number of benzene rings is 1. The third kappa shape index (κ3) is 5.47. The zero-order valence-corrected chi connectivity index (χ0v) is 19.2. The van der Waals surface area contributed by atoms with E-state index in [0.717, 1.165) is 66.0 Å². The molecular weight excluding hydrogens is 406 g/mol. The number of hydrogen-bond donors (Lipinski definition) is 1. The number of nitrogens with one attached hydrogen (secondary N) is 1. The number of carbonyl (C=O) groups excluding carboxylic acids is 1. The lowest BCUT2D eigenvalue weighted by atomic mass is 9.96. The molecule has 3 heterocycles. The molecule has 162 valence electrons. The Balaban J connectivity index is 1.22. The zero-order chi connectivity index (χ0) is 21.8. The number of anilines is 1. The number of nitrogens with zero attached hydrogens (tertiary/aromatic N) is 4. The van der Waals surface area contributed by atoms with E-state index in [2.05, 4.69) is 54.8 Å². The fourth-order valence-electron chi connectivity index (χ4n) is 4.00. The largest absolute Gasteiger partial charge is 0.356 e. The Bertz CT molecular complexity index is 1020. The highest BCUT2D eigenvalue weighted by molar-refractivity contribution is 7.09. The van der Waals surface area contributed by atoms with Crippen LogP contribution in [0.25, 0.3) is 11.3 Å². The van der Waals surface area contributed by atoms with Gasteiger partial charge >= 0.3 is 0 Å². The Hall–Kier alpha value is -2.80. The Morgan fingerprint density at radius 3 is 2.35 bits per heavy atom. The standard InChI is InChI=1S/C24H29N5OS/c1-16-14-17(2)27-24(26-16)29-12-9-21(10-13-29)23(30)25-11-8-19-4-6-20(7-5-19)22-15-31-18(3)28-22/h4-7,14-15,21H,8-13H2,1-3H3,(H,25,30). The van der Waals surface area contributed by atoms with Crippen molar-refractivity contribution in [1.29, 1.82) is 0 Å². The predicted molar refractivity (Wildman–Crippen MR) is 125 cm³/mol. The van der Waals surface area contributed by atoms with E-state index in [4.69, 9.17) is 0 Å². The van der Waals surface area contributed by atoms with Gasteiger partial charge in [-0.3, -0.25) is 4.79 Å². The first-order valence-corrected chi connectivity index (χ1v) is 11.7. The van der Waals surface area contributed by atoms with Gasteiger partial charge in [0.25, 0.3) is 0 Å². The molecule has 6 nitrogen and oxygen atoms in total. The van der Waals surface area contributed by atoms with Crippen LogP contribution in [0.4, 0.5) is 5.95 Å². The van der Waals surface area contributed by atoms with Crippen LogP contribution in [0.3, 0.4) is 0 Å². The lowest BCUT2D eigenvalue weighted by molar-refractivity contribution is -0.125. The molecule has 1 fully saturated rings. The summed E-state index contributed by atoms with van der Waals surface area (Å²) in [6, 6.07) is 10.4. The molecule has 1 aliphatic heterocycles. The summed E-state index contributed by atoms with van der Waals surface area (Å²) < 4.78 is 0. The average Bonchev–Trinajstić information content (AvgIpc) is 3.20. The fourth-order valence-corrected chi connectivity index (χ4v) is 4.63. The van der Waals surface area contributed by atoms with Gasteiger partial charge in [-0.15, -0.1) is 11.3 Å². The third-order valence-electron chi connectivity index (χ3n) is 5.70. The van der Waals surface area contributed by atoms with Crippen molar-refractivity contribution >= 4 is 23.2 Å². The summed E-state index contributed by atoms with van der Waals surface area (Å²) in [4.78, 5) is 28.4. The topological polar surface area (TPSA) is 71.0 Å². The molecule has 0 saturated carbocycles. The molecule has 0 radical (unpaired) electrons. The van der Waals surface area contributed by atoms with Gasteiger partial charge in [0, 0.05) is 47.9 Å². The summed E-state index contributed by atoms with van der Waals surface area (Å²) >= 11 is 1.67. The molecular formula is C24H29N5OS. The number of amides is 1.